The van der Waals surface area contributed by atoms with Gasteiger partial charge in [0.2, 0.25) is 0 Å². The Labute approximate surface area is 187 Å². The lowest BCUT2D eigenvalue weighted by Gasteiger charge is -2.42. The van der Waals surface area contributed by atoms with Gasteiger partial charge in [0.15, 0.2) is 0 Å². The third-order valence-electron chi connectivity index (χ3n) is 6.49. The van der Waals surface area contributed by atoms with Crippen molar-refractivity contribution < 1.29 is 27.8 Å². The number of carbonyl (C=O) groups is 1. The molecule has 2 atom stereocenters. The highest BCUT2D eigenvalue weighted by molar-refractivity contribution is 6.02. The molecule has 10 heteroatoms. The van der Waals surface area contributed by atoms with E-state index in [9.17, 15) is 23.1 Å². The Morgan fingerprint density at radius 3 is 2.67 bits per heavy atom. The molecule has 1 saturated carbocycles. The minimum atomic E-state index is -4.59. The number of ether oxygens (including phenoxy) is 1. The number of nitrogens with zero attached hydrogens (tertiary/aromatic N) is 3. The number of alkyl halides is 3. The summed E-state index contributed by atoms with van der Waals surface area (Å²) in [5.41, 5.74) is 0.559. The van der Waals surface area contributed by atoms with Crippen LogP contribution in [0.5, 0.6) is 0 Å². The molecule has 1 aliphatic carbocycles. The fourth-order valence-electron chi connectivity index (χ4n) is 4.49. The van der Waals surface area contributed by atoms with Crippen LogP contribution in [0.25, 0.3) is 5.65 Å². The molecule has 0 unspecified atom stereocenters. The average Bonchev–Trinajstić information content (AvgIpc) is 3.56. The van der Waals surface area contributed by atoms with E-state index < -0.39 is 29.4 Å². The molecule has 2 fully saturated rings. The van der Waals surface area contributed by atoms with Crippen molar-refractivity contribution in [3.8, 4) is 0 Å². The second-order valence-corrected chi connectivity index (χ2v) is 8.78. The van der Waals surface area contributed by atoms with Crippen molar-refractivity contribution in [2.75, 3.05) is 13.2 Å². The van der Waals surface area contributed by atoms with E-state index >= 15 is 0 Å². The van der Waals surface area contributed by atoms with Gasteiger partial charge in [0.1, 0.15) is 17.4 Å². The van der Waals surface area contributed by atoms with Gasteiger partial charge in [0.05, 0.1) is 17.7 Å². The van der Waals surface area contributed by atoms with E-state index in [-0.39, 0.29) is 25.2 Å². The molecule has 0 bridgehead atoms. The number of amides is 1. The van der Waals surface area contributed by atoms with E-state index in [1.807, 2.05) is 16.8 Å². The first-order valence-electron chi connectivity index (χ1n) is 10.8. The largest absolute Gasteiger partial charge is 0.433 e. The molecule has 7 nitrogen and oxygen atoms in total. The first-order valence-corrected chi connectivity index (χ1v) is 10.8. The molecule has 3 aromatic rings. The van der Waals surface area contributed by atoms with Crippen LogP contribution in [0.15, 0.2) is 36.9 Å². The lowest BCUT2D eigenvalue weighted by molar-refractivity contribution is -0.141. The maximum atomic E-state index is 13.5. The lowest BCUT2D eigenvalue weighted by atomic mass is 9.80. The van der Waals surface area contributed by atoms with Gasteiger partial charge in [-0.15, -0.1) is 0 Å². The number of fused-ring (bicyclic) bond motifs is 1. The number of aromatic nitrogens is 3. The predicted octanol–water partition coefficient (Wildman–Crippen LogP) is 3.34. The molecule has 4 heterocycles. The summed E-state index contributed by atoms with van der Waals surface area (Å²) in [7, 11) is 0. The molecule has 174 valence electrons. The number of aliphatic hydroxyl groups excluding tert-OH is 1. The van der Waals surface area contributed by atoms with Crippen molar-refractivity contribution in [3.05, 3.63) is 64.9 Å². The highest BCUT2D eigenvalue weighted by Gasteiger charge is 2.45. The molecule has 0 spiro atoms. The summed E-state index contributed by atoms with van der Waals surface area (Å²) in [4.78, 5) is 21.5. The monoisotopic (exact) mass is 460 g/mol. The number of rotatable bonds is 4. The lowest BCUT2D eigenvalue weighted by Crippen LogP contribution is -2.58. The molecule has 2 aliphatic rings. The third kappa shape index (κ3) is 3.87. The van der Waals surface area contributed by atoms with Crippen LogP contribution in [0.3, 0.4) is 0 Å². The van der Waals surface area contributed by atoms with Crippen LogP contribution in [0.2, 0.25) is 0 Å². The van der Waals surface area contributed by atoms with Gasteiger partial charge in [-0.3, -0.25) is 9.78 Å². The van der Waals surface area contributed by atoms with E-state index in [0.717, 1.165) is 30.7 Å². The zero-order chi connectivity index (χ0) is 23.4. The summed E-state index contributed by atoms with van der Waals surface area (Å²) in [6, 6.07) is 2.10. The molecule has 0 aromatic carbocycles. The smallest absolute Gasteiger partial charge is 0.388 e. The van der Waals surface area contributed by atoms with Gasteiger partial charge < -0.3 is 19.6 Å². The third-order valence-corrected chi connectivity index (χ3v) is 6.49. The number of carbonyl (C=O) groups excluding carboxylic acids is 1. The number of hydrogen-bond donors (Lipinski definition) is 2. The van der Waals surface area contributed by atoms with Crippen LogP contribution in [0, 0.1) is 6.92 Å². The van der Waals surface area contributed by atoms with Crippen molar-refractivity contribution in [1.82, 2.24) is 19.7 Å². The second kappa shape index (κ2) is 7.81. The van der Waals surface area contributed by atoms with Gasteiger partial charge in [-0.2, -0.15) is 13.2 Å². The zero-order valence-electron chi connectivity index (χ0n) is 17.9. The summed E-state index contributed by atoms with van der Waals surface area (Å²) < 4.78 is 46.1. The van der Waals surface area contributed by atoms with Crippen LogP contribution in [-0.4, -0.2) is 44.7 Å². The summed E-state index contributed by atoms with van der Waals surface area (Å²) in [5.74, 6) is 0.0391. The Morgan fingerprint density at radius 2 is 2.03 bits per heavy atom. The van der Waals surface area contributed by atoms with Crippen molar-refractivity contribution in [1.29, 1.82) is 0 Å². The summed E-state index contributed by atoms with van der Waals surface area (Å²) in [5, 5.41) is 13.7. The van der Waals surface area contributed by atoms with E-state index in [0.29, 0.717) is 22.7 Å². The topological polar surface area (TPSA) is 88.8 Å². The fraction of sp³-hybridized carbons (Fsp3) is 0.435. The summed E-state index contributed by atoms with van der Waals surface area (Å²) in [6.45, 7) is 1.95. The normalized spacial score (nSPS) is 23.6. The number of pyridine rings is 1. The highest BCUT2D eigenvalue weighted by atomic mass is 19.4. The number of hydrogen-bond acceptors (Lipinski definition) is 5. The number of nitrogens with one attached hydrogen (secondary N) is 1. The quantitative estimate of drug-likeness (QED) is 0.624. The Bertz CT molecular complexity index is 1200. The number of aliphatic hydroxyl groups is 1. The van der Waals surface area contributed by atoms with Crippen LogP contribution >= 0.6 is 0 Å². The van der Waals surface area contributed by atoms with Gasteiger partial charge in [0.25, 0.3) is 5.91 Å². The van der Waals surface area contributed by atoms with Gasteiger partial charge in [-0.1, -0.05) is 6.07 Å². The molecule has 0 radical (unpaired) electrons. The van der Waals surface area contributed by atoms with Gasteiger partial charge in [0, 0.05) is 37.8 Å². The van der Waals surface area contributed by atoms with Crippen LogP contribution < -0.4 is 5.32 Å². The Kier molecular flexibility index (Phi) is 5.17. The molecule has 1 amide bonds. The van der Waals surface area contributed by atoms with E-state index in [1.165, 1.54) is 6.07 Å². The molecule has 3 aromatic heterocycles. The van der Waals surface area contributed by atoms with Gasteiger partial charge in [-0.05, 0) is 48.4 Å². The van der Waals surface area contributed by atoms with Gasteiger partial charge >= 0.3 is 6.18 Å². The zero-order valence-corrected chi connectivity index (χ0v) is 17.9. The molecular formula is C23H23F3N4O3. The molecular weight excluding hydrogens is 437 g/mol. The van der Waals surface area contributed by atoms with Crippen molar-refractivity contribution in [2.24, 2.45) is 0 Å². The SMILES string of the molecule is Cc1cn2cc(C3CC3)cnc2c1C(=O)N[C@@]1(c2ccc(C(F)(F)F)nc2)CCOC[C@@H]1O. The molecule has 5 rings (SSSR count). The molecule has 1 aliphatic heterocycles. The Hall–Kier alpha value is -2.98. The van der Waals surface area contributed by atoms with Crippen molar-refractivity contribution >= 4 is 11.6 Å². The Balaban J connectivity index is 1.51. The standard InChI is InChI=1S/C23H23F3N4O3/c1-13-10-30-11-15(14-2-3-14)8-28-20(30)19(13)21(32)29-22(6-7-33-12-18(22)31)16-4-5-17(27-9-16)23(24,25)26/h4-5,8-11,14,18,31H,2-3,6-7,12H2,1H3,(H,29,32)/t18-,22+/m0/s1. The van der Waals surface area contributed by atoms with E-state index in [4.69, 9.17) is 4.74 Å². The number of halogens is 3. The van der Waals surface area contributed by atoms with Crippen LogP contribution in [-0.2, 0) is 16.5 Å². The highest BCUT2D eigenvalue weighted by Crippen LogP contribution is 2.40. The van der Waals surface area contributed by atoms with Crippen molar-refractivity contribution in [2.45, 2.75) is 49.9 Å². The minimum Gasteiger partial charge on any atom is -0.388 e. The maximum Gasteiger partial charge on any atom is 0.433 e. The fourth-order valence-corrected chi connectivity index (χ4v) is 4.49. The second-order valence-electron chi connectivity index (χ2n) is 8.78. The van der Waals surface area contributed by atoms with Crippen LogP contribution in [0.1, 0.15) is 57.9 Å². The minimum absolute atomic E-state index is 0.0697. The molecule has 2 N–H and O–H groups in total. The summed E-state index contributed by atoms with van der Waals surface area (Å²) in [6.07, 6.45) is 3.32. The van der Waals surface area contributed by atoms with Gasteiger partial charge in [-0.25, -0.2) is 4.98 Å². The number of aryl methyl sites for hydroxylation is 1. The van der Waals surface area contributed by atoms with Crippen LogP contribution in [0.4, 0.5) is 13.2 Å². The molecule has 33 heavy (non-hydrogen) atoms. The van der Waals surface area contributed by atoms with E-state index in [2.05, 4.69) is 15.3 Å². The predicted molar refractivity (Wildman–Crippen MR) is 112 cm³/mol. The molecule has 1 saturated heterocycles. The Morgan fingerprint density at radius 1 is 1.24 bits per heavy atom. The maximum absolute atomic E-state index is 13.5. The first kappa shape index (κ1) is 21.8. The average molecular weight is 460 g/mol. The first-order chi connectivity index (χ1) is 15.7. The van der Waals surface area contributed by atoms with Crippen molar-refractivity contribution in [3.63, 3.8) is 0 Å². The summed E-state index contributed by atoms with van der Waals surface area (Å²) >= 11 is 0. The van der Waals surface area contributed by atoms with E-state index in [1.54, 1.807) is 13.1 Å².